The van der Waals surface area contributed by atoms with Gasteiger partial charge >= 0.3 is 0 Å². The van der Waals surface area contributed by atoms with Crippen LogP contribution in [0.1, 0.15) is 0 Å². The largest absolute Gasteiger partial charge is 0.240 e. The van der Waals surface area contributed by atoms with E-state index in [1.807, 2.05) is 23.0 Å². The first kappa shape index (κ1) is 9.12. The third kappa shape index (κ3) is 1.50. The van der Waals surface area contributed by atoms with Crippen molar-refractivity contribution in [2.75, 3.05) is 0 Å². The summed E-state index contributed by atoms with van der Waals surface area (Å²) in [7, 11) is 0. The summed E-state index contributed by atoms with van der Waals surface area (Å²) in [4.78, 5) is 0. The first-order chi connectivity index (χ1) is 7.34. The highest BCUT2D eigenvalue weighted by atomic mass is 79.9. The molecule has 0 bridgehead atoms. The molecule has 0 unspecified atom stereocenters. The van der Waals surface area contributed by atoms with Crippen molar-refractivity contribution >= 4 is 32.8 Å². The highest BCUT2D eigenvalue weighted by molar-refractivity contribution is 9.10. The highest BCUT2D eigenvalue weighted by Gasteiger charge is 2.06. The van der Waals surface area contributed by atoms with E-state index in [1.165, 1.54) is 11.1 Å². The van der Waals surface area contributed by atoms with E-state index in [1.54, 1.807) is 11.3 Å². The van der Waals surface area contributed by atoms with Gasteiger partial charge < -0.3 is 0 Å². The normalized spacial score (nSPS) is 11.0. The predicted molar refractivity (Wildman–Crippen MR) is 66.2 cm³/mol. The Morgan fingerprint density at radius 2 is 2.27 bits per heavy atom. The van der Waals surface area contributed by atoms with E-state index in [4.69, 9.17) is 0 Å². The maximum atomic E-state index is 4.32. The predicted octanol–water partition coefficient (Wildman–Crippen LogP) is 3.83. The van der Waals surface area contributed by atoms with Crippen LogP contribution in [-0.4, -0.2) is 9.61 Å². The molecular weight excluding hydrogens is 272 g/mol. The zero-order valence-electron chi connectivity index (χ0n) is 7.72. The zero-order chi connectivity index (χ0) is 10.3. The average Bonchev–Trinajstić information content (AvgIpc) is 2.83. The molecule has 0 spiro atoms. The average molecular weight is 279 g/mol. The third-order valence-corrected chi connectivity index (χ3v) is 3.49. The molecule has 0 radical (unpaired) electrons. The Kier molecular flexibility index (Phi) is 2.11. The molecule has 3 heterocycles. The first-order valence-corrected chi connectivity index (χ1v) is 6.23. The summed E-state index contributed by atoms with van der Waals surface area (Å²) >= 11 is 5.18. The molecule has 4 heteroatoms. The Morgan fingerprint density at radius 3 is 3.07 bits per heavy atom. The fourth-order valence-electron chi connectivity index (χ4n) is 1.60. The van der Waals surface area contributed by atoms with Crippen molar-refractivity contribution in [1.29, 1.82) is 0 Å². The summed E-state index contributed by atoms with van der Waals surface area (Å²) in [6, 6.07) is 6.18. The number of pyridine rings is 1. The van der Waals surface area contributed by atoms with Gasteiger partial charge in [-0.2, -0.15) is 16.4 Å². The number of thiophene rings is 1. The van der Waals surface area contributed by atoms with Crippen LogP contribution in [0.25, 0.3) is 16.6 Å². The van der Waals surface area contributed by atoms with Crippen molar-refractivity contribution in [3.63, 3.8) is 0 Å². The number of hydrogen-bond acceptors (Lipinski definition) is 2. The highest BCUT2D eigenvalue weighted by Crippen LogP contribution is 2.27. The van der Waals surface area contributed by atoms with Crippen molar-refractivity contribution in [3.05, 3.63) is 45.8 Å². The molecule has 3 aromatic rings. The molecular formula is C11H7BrN2S. The standard InChI is InChI=1S/C11H7BrN2S/c12-9-1-3-14-11(5-9)10(6-13-14)8-2-4-15-7-8/h1-7H. The van der Waals surface area contributed by atoms with Crippen LogP contribution < -0.4 is 0 Å². The smallest absolute Gasteiger partial charge is 0.0751 e. The topological polar surface area (TPSA) is 17.3 Å². The maximum Gasteiger partial charge on any atom is 0.0751 e. The molecule has 15 heavy (non-hydrogen) atoms. The van der Waals surface area contributed by atoms with Gasteiger partial charge in [0.2, 0.25) is 0 Å². The second-order valence-electron chi connectivity index (χ2n) is 3.25. The van der Waals surface area contributed by atoms with Gasteiger partial charge in [-0.3, -0.25) is 0 Å². The molecule has 0 saturated heterocycles. The third-order valence-electron chi connectivity index (χ3n) is 2.32. The number of halogens is 1. The van der Waals surface area contributed by atoms with E-state index in [2.05, 4.69) is 43.9 Å². The van der Waals surface area contributed by atoms with Crippen molar-refractivity contribution in [2.24, 2.45) is 0 Å². The van der Waals surface area contributed by atoms with E-state index in [9.17, 15) is 0 Å². The van der Waals surface area contributed by atoms with Crippen LogP contribution in [0.5, 0.6) is 0 Å². The molecule has 0 aliphatic carbocycles. The van der Waals surface area contributed by atoms with Crippen LogP contribution >= 0.6 is 27.3 Å². The maximum absolute atomic E-state index is 4.32. The Morgan fingerprint density at radius 1 is 1.33 bits per heavy atom. The lowest BCUT2D eigenvalue weighted by Crippen LogP contribution is -1.84. The van der Waals surface area contributed by atoms with Gasteiger partial charge in [0, 0.05) is 16.2 Å². The minimum atomic E-state index is 1.08. The molecule has 3 rings (SSSR count). The Balaban J connectivity index is 2.32. The number of rotatable bonds is 1. The Bertz CT molecular complexity index is 598. The minimum Gasteiger partial charge on any atom is -0.240 e. The van der Waals surface area contributed by atoms with Crippen molar-refractivity contribution in [2.45, 2.75) is 0 Å². The summed E-state index contributed by atoms with van der Waals surface area (Å²) in [6.45, 7) is 0. The fraction of sp³-hybridized carbons (Fsp3) is 0. The van der Waals surface area contributed by atoms with Crippen LogP contribution in [0.2, 0.25) is 0 Å². The fourth-order valence-corrected chi connectivity index (χ4v) is 2.59. The van der Waals surface area contributed by atoms with Crippen LogP contribution in [0.3, 0.4) is 0 Å². The number of nitrogens with zero attached hydrogens (tertiary/aromatic N) is 2. The monoisotopic (exact) mass is 278 g/mol. The minimum absolute atomic E-state index is 1.08. The Labute approximate surface area is 99.3 Å². The van der Waals surface area contributed by atoms with Gasteiger partial charge in [-0.1, -0.05) is 15.9 Å². The molecule has 0 aromatic carbocycles. The lowest BCUT2D eigenvalue weighted by molar-refractivity contribution is 0.959. The van der Waals surface area contributed by atoms with Crippen molar-refractivity contribution in [3.8, 4) is 11.1 Å². The summed E-state index contributed by atoms with van der Waals surface area (Å²) < 4.78 is 2.96. The van der Waals surface area contributed by atoms with Crippen molar-refractivity contribution < 1.29 is 0 Å². The Hall–Kier alpha value is -1.13. The molecule has 0 atom stereocenters. The second kappa shape index (κ2) is 3.47. The van der Waals surface area contributed by atoms with Gasteiger partial charge in [0.25, 0.3) is 0 Å². The van der Waals surface area contributed by atoms with Gasteiger partial charge in [0.15, 0.2) is 0 Å². The summed E-state index contributed by atoms with van der Waals surface area (Å²) in [5.41, 5.74) is 3.54. The van der Waals surface area contributed by atoms with Gasteiger partial charge in [0.05, 0.1) is 11.7 Å². The molecule has 0 N–H and O–H groups in total. The quantitative estimate of drug-likeness (QED) is 0.661. The zero-order valence-corrected chi connectivity index (χ0v) is 10.1. The van der Waals surface area contributed by atoms with E-state index < -0.39 is 0 Å². The van der Waals surface area contributed by atoms with Gasteiger partial charge in [-0.15, -0.1) is 0 Å². The van der Waals surface area contributed by atoms with E-state index in [0.29, 0.717) is 0 Å². The number of aromatic nitrogens is 2. The lowest BCUT2D eigenvalue weighted by Gasteiger charge is -1.96. The van der Waals surface area contributed by atoms with Gasteiger partial charge in [-0.05, 0) is 34.5 Å². The van der Waals surface area contributed by atoms with E-state index in [0.717, 1.165) is 9.99 Å². The summed E-state index contributed by atoms with van der Waals surface area (Å²) in [6.07, 6.45) is 3.86. The SMILES string of the molecule is Brc1ccn2ncc(-c3ccsc3)c2c1. The van der Waals surface area contributed by atoms with E-state index >= 15 is 0 Å². The summed E-state index contributed by atoms with van der Waals surface area (Å²) in [5.74, 6) is 0. The summed E-state index contributed by atoms with van der Waals surface area (Å²) in [5, 5.41) is 8.53. The molecule has 74 valence electrons. The molecule has 2 nitrogen and oxygen atoms in total. The molecule has 0 saturated carbocycles. The molecule has 0 amide bonds. The second-order valence-corrected chi connectivity index (χ2v) is 4.94. The lowest BCUT2D eigenvalue weighted by atomic mass is 10.1. The van der Waals surface area contributed by atoms with Gasteiger partial charge in [-0.25, -0.2) is 4.52 Å². The van der Waals surface area contributed by atoms with Crippen LogP contribution in [0, 0.1) is 0 Å². The first-order valence-electron chi connectivity index (χ1n) is 4.50. The molecule has 3 aromatic heterocycles. The van der Waals surface area contributed by atoms with Crippen LogP contribution in [-0.2, 0) is 0 Å². The van der Waals surface area contributed by atoms with E-state index in [-0.39, 0.29) is 0 Å². The van der Waals surface area contributed by atoms with Crippen molar-refractivity contribution in [1.82, 2.24) is 9.61 Å². The molecule has 0 fully saturated rings. The number of hydrogen-bond donors (Lipinski definition) is 0. The van der Waals surface area contributed by atoms with Crippen LogP contribution in [0.4, 0.5) is 0 Å². The molecule has 0 aliphatic heterocycles. The van der Waals surface area contributed by atoms with Crippen LogP contribution in [0.15, 0.2) is 45.8 Å². The van der Waals surface area contributed by atoms with Gasteiger partial charge in [0.1, 0.15) is 0 Å². The molecule has 0 aliphatic rings. The number of fused-ring (bicyclic) bond motifs is 1.